The molecule has 2 aromatic rings. The molecule has 2 rings (SSSR count). The summed E-state index contributed by atoms with van der Waals surface area (Å²) in [6.45, 7) is 2.26. The van der Waals surface area contributed by atoms with Crippen molar-refractivity contribution in [3.63, 3.8) is 0 Å². The van der Waals surface area contributed by atoms with Crippen LogP contribution < -0.4 is 14.8 Å². The van der Waals surface area contributed by atoms with E-state index in [1.54, 1.807) is 7.11 Å². The van der Waals surface area contributed by atoms with Crippen LogP contribution in [-0.2, 0) is 25.5 Å². The normalized spacial score (nSPS) is 12.3. The zero-order chi connectivity index (χ0) is 24.8. The highest BCUT2D eigenvalue weighted by molar-refractivity contribution is 7.99. The van der Waals surface area contributed by atoms with E-state index in [-0.39, 0.29) is 23.7 Å². The average molecular weight is 488 g/mol. The Morgan fingerprint density at radius 3 is 2.29 bits per heavy atom. The molecule has 34 heavy (non-hydrogen) atoms. The van der Waals surface area contributed by atoms with Gasteiger partial charge >= 0.3 is 5.97 Å². The SMILES string of the molecule is CCCCCC(=O)OC(COc1ccc(CC(SC)C(=O)NC=O)cc1)c1ccc(OC)cc1. The van der Waals surface area contributed by atoms with Gasteiger partial charge in [0.05, 0.1) is 12.4 Å². The maximum atomic E-state index is 12.4. The van der Waals surface area contributed by atoms with Gasteiger partial charge in [-0.15, -0.1) is 0 Å². The van der Waals surface area contributed by atoms with Crippen molar-refractivity contribution < 1.29 is 28.6 Å². The number of unbranched alkanes of at least 4 members (excludes halogenated alkanes) is 2. The standard InChI is InChI=1S/C26H33NO6S/c1-4-5-6-7-25(29)33-23(20-10-14-21(31-2)15-11-20)17-32-22-12-8-19(9-13-22)16-24(34-3)26(30)27-18-28/h8-15,18,23-24H,4-7,16-17H2,1-3H3,(H,27,28,30). The molecule has 184 valence electrons. The maximum Gasteiger partial charge on any atom is 0.306 e. The van der Waals surface area contributed by atoms with Gasteiger partial charge in [-0.05, 0) is 54.5 Å². The van der Waals surface area contributed by atoms with Gasteiger partial charge in [0.1, 0.15) is 18.1 Å². The van der Waals surface area contributed by atoms with E-state index in [4.69, 9.17) is 14.2 Å². The van der Waals surface area contributed by atoms with Crippen LogP contribution in [0.15, 0.2) is 48.5 Å². The van der Waals surface area contributed by atoms with Gasteiger partial charge in [0.25, 0.3) is 0 Å². The number of carbonyl (C=O) groups excluding carboxylic acids is 3. The first-order valence-electron chi connectivity index (χ1n) is 11.3. The van der Waals surface area contributed by atoms with Gasteiger partial charge in [0.15, 0.2) is 6.10 Å². The predicted molar refractivity (Wildman–Crippen MR) is 133 cm³/mol. The molecule has 0 saturated heterocycles. The number of amides is 2. The molecule has 0 aliphatic carbocycles. The van der Waals surface area contributed by atoms with Crippen molar-refractivity contribution in [3.05, 3.63) is 59.7 Å². The van der Waals surface area contributed by atoms with Crippen molar-refractivity contribution in [3.8, 4) is 11.5 Å². The fourth-order valence-corrected chi connectivity index (χ4v) is 3.94. The summed E-state index contributed by atoms with van der Waals surface area (Å²) in [4.78, 5) is 34.8. The molecule has 7 nitrogen and oxygen atoms in total. The van der Waals surface area contributed by atoms with Crippen LogP contribution in [-0.4, -0.2) is 43.5 Å². The van der Waals surface area contributed by atoms with Crippen LogP contribution in [0.4, 0.5) is 0 Å². The van der Waals surface area contributed by atoms with E-state index < -0.39 is 6.10 Å². The Balaban J connectivity index is 2.02. The van der Waals surface area contributed by atoms with E-state index in [0.29, 0.717) is 25.0 Å². The third kappa shape index (κ3) is 9.09. The molecule has 2 aromatic carbocycles. The van der Waals surface area contributed by atoms with Crippen molar-refractivity contribution in [1.82, 2.24) is 5.32 Å². The molecule has 0 bridgehead atoms. The second-order valence-corrected chi connectivity index (χ2v) is 8.76. The molecule has 8 heteroatoms. The van der Waals surface area contributed by atoms with E-state index in [1.807, 2.05) is 54.8 Å². The molecule has 0 saturated carbocycles. The van der Waals surface area contributed by atoms with Gasteiger partial charge in [-0.3, -0.25) is 19.7 Å². The van der Waals surface area contributed by atoms with Crippen molar-refractivity contribution in [2.75, 3.05) is 20.0 Å². The lowest BCUT2D eigenvalue weighted by atomic mass is 10.1. The van der Waals surface area contributed by atoms with E-state index in [0.717, 1.165) is 36.1 Å². The summed E-state index contributed by atoms with van der Waals surface area (Å²) in [6, 6.07) is 14.8. The first kappa shape index (κ1) is 27.2. The second kappa shape index (κ2) is 15.0. The highest BCUT2D eigenvalue weighted by Crippen LogP contribution is 2.24. The van der Waals surface area contributed by atoms with E-state index in [1.165, 1.54) is 11.8 Å². The predicted octanol–water partition coefficient (Wildman–Crippen LogP) is 4.49. The second-order valence-electron chi connectivity index (χ2n) is 7.72. The number of nitrogens with one attached hydrogen (secondary N) is 1. The molecule has 0 heterocycles. The topological polar surface area (TPSA) is 90.9 Å². The van der Waals surface area contributed by atoms with Crippen LogP contribution in [0.1, 0.15) is 49.8 Å². The van der Waals surface area contributed by atoms with Gasteiger partial charge < -0.3 is 14.2 Å². The smallest absolute Gasteiger partial charge is 0.306 e. The van der Waals surface area contributed by atoms with Crippen molar-refractivity contribution in [2.45, 2.75) is 50.4 Å². The van der Waals surface area contributed by atoms with Crippen LogP contribution in [0.5, 0.6) is 11.5 Å². The monoisotopic (exact) mass is 487 g/mol. The summed E-state index contributed by atoms with van der Waals surface area (Å²) in [5.41, 5.74) is 1.77. The molecule has 2 amide bonds. The Bertz CT molecular complexity index is 901. The minimum Gasteiger partial charge on any atom is -0.497 e. The van der Waals surface area contributed by atoms with E-state index in [2.05, 4.69) is 12.2 Å². The summed E-state index contributed by atoms with van der Waals surface area (Å²) in [5, 5.41) is 1.84. The van der Waals surface area contributed by atoms with Gasteiger partial charge in [-0.2, -0.15) is 11.8 Å². The fourth-order valence-electron chi connectivity index (χ4n) is 3.30. The number of hydrogen-bond acceptors (Lipinski definition) is 7. The Kier molecular flexibility index (Phi) is 12.0. The average Bonchev–Trinajstić information content (AvgIpc) is 2.86. The first-order valence-corrected chi connectivity index (χ1v) is 12.6. The van der Waals surface area contributed by atoms with E-state index >= 15 is 0 Å². The molecule has 0 aliphatic rings. The number of carbonyl (C=O) groups is 3. The summed E-state index contributed by atoms with van der Waals surface area (Å²) < 4.78 is 16.9. The fraction of sp³-hybridized carbons (Fsp3) is 0.423. The van der Waals surface area contributed by atoms with Crippen molar-refractivity contribution in [1.29, 1.82) is 0 Å². The highest BCUT2D eigenvalue weighted by Gasteiger charge is 2.19. The number of rotatable bonds is 15. The maximum absolute atomic E-state index is 12.4. The van der Waals surface area contributed by atoms with Gasteiger partial charge in [0.2, 0.25) is 12.3 Å². The number of esters is 1. The summed E-state index contributed by atoms with van der Waals surface area (Å²) >= 11 is 1.38. The van der Waals surface area contributed by atoms with Gasteiger partial charge in [0, 0.05) is 6.42 Å². The van der Waals surface area contributed by atoms with Gasteiger partial charge in [-0.25, -0.2) is 0 Å². The van der Waals surface area contributed by atoms with Crippen LogP contribution >= 0.6 is 11.8 Å². The Morgan fingerprint density at radius 1 is 1.03 bits per heavy atom. The van der Waals surface area contributed by atoms with E-state index in [9.17, 15) is 14.4 Å². The molecular formula is C26H33NO6S. The lowest BCUT2D eigenvalue weighted by molar-refractivity contribution is -0.151. The van der Waals surface area contributed by atoms with Crippen LogP contribution in [0.3, 0.4) is 0 Å². The number of methoxy groups -OCH3 is 1. The molecule has 1 N–H and O–H groups in total. The van der Waals surface area contributed by atoms with Crippen molar-refractivity contribution in [2.24, 2.45) is 0 Å². The number of hydrogen-bond donors (Lipinski definition) is 1. The Morgan fingerprint density at radius 2 is 1.71 bits per heavy atom. The van der Waals surface area contributed by atoms with Gasteiger partial charge in [-0.1, -0.05) is 44.0 Å². The van der Waals surface area contributed by atoms with Crippen LogP contribution in [0, 0.1) is 0 Å². The molecule has 0 aromatic heterocycles. The molecule has 0 radical (unpaired) electrons. The first-order chi connectivity index (χ1) is 16.5. The third-order valence-corrected chi connectivity index (χ3v) is 6.22. The van der Waals surface area contributed by atoms with Crippen molar-refractivity contribution >= 4 is 30.0 Å². The zero-order valence-electron chi connectivity index (χ0n) is 20.0. The van der Waals surface area contributed by atoms with Crippen LogP contribution in [0.25, 0.3) is 0 Å². The lowest BCUT2D eigenvalue weighted by Crippen LogP contribution is -2.32. The van der Waals surface area contributed by atoms with Crippen LogP contribution in [0.2, 0.25) is 0 Å². The summed E-state index contributed by atoms with van der Waals surface area (Å²) in [5.74, 6) is 0.789. The minimum absolute atomic E-state index is 0.167. The molecule has 2 atom stereocenters. The number of thioether (sulfide) groups is 1. The number of imide groups is 1. The molecular weight excluding hydrogens is 454 g/mol. The number of ether oxygens (including phenoxy) is 3. The highest BCUT2D eigenvalue weighted by atomic mass is 32.2. The Hall–Kier alpha value is -3.00. The number of benzene rings is 2. The third-order valence-electron chi connectivity index (χ3n) is 5.27. The molecule has 0 spiro atoms. The quantitative estimate of drug-likeness (QED) is 0.225. The molecule has 0 aliphatic heterocycles. The molecule has 0 fully saturated rings. The largest absolute Gasteiger partial charge is 0.497 e. The Labute approximate surface area is 205 Å². The lowest BCUT2D eigenvalue weighted by Gasteiger charge is -2.20. The minimum atomic E-state index is -0.549. The zero-order valence-corrected chi connectivity index (χ0v) is 20.8. The summed E-state index contributed by atoms with van der Waals surface area (Å²) in [6.07, 6.45) is 5.37. The summed E-state index contributed by atoms with van der Waals surface area (Å²) in [7, 11) is 1.60. The molecule has 2 unspecified atom stereocenters.